The largest absolute Gasteiger partial charge is 0.480 e. The fourth-order valence-electron chi connectivity index (χ4n) is 2.67. The molecule has 0 radical (unpaired) electrons. The van der Waals surface area contributed by atoms with Crippen molar-refractivity contribution in [2.45, 2.75) is 44.6 Å². The van der Waals surface area contributed by atoms with E-state index in [2.05, 4.69) is 16.9 Å². The molecule has 2 aromatic rings. The van der Waals surface area contributed by atoms with Gasteiger partial charge in [-0.25, -0.2) is 9.78 Å². The zero-order chi connectivity index (χ0) is 18.1. The number of nitrogens with one attached hydrogen (secondary N) is 1. The Kier molecular flexibility index (Phi) is 7.14. The van der Waals surface area contributed by atoms with Crippen LogP contribution in [0.3, 0.4) is 0 Å². The van der Waals surface area contributed by atoms with Crippen LogP contribution in [0.1, 0.15) is 49.0 Å². The predicted octanol–water partition coefficient (Wildman–Crippen LogP) is 3.94. The third-order valence-corrected chi connectivity index (χ3v) is 4.09. The van der Waals surface area contributed by atoms with E-state index in [9.17, 15) is 14.7 Å². The number of carboxylic acids is 1. The number of hydrogen-bond acceptors (Lipinski definition) is 3. The average molecular weight is 340 g/mol. The first-order valence-corrected chi connectivity index (χ1v) is 8.62. The summed E-state index contributed by atoms with van der Waals surface area (Å²) in [4.78, 5) is 28.0. The van der Waals surface area contributed by atoms with Crippen molar-refractivity contribution in [2.24, 2.45) is 0 Å². The maximum absolute atomic E-state index is 12.3. The number of nitrogens with zero attached hydrogens (tertiary/aromatic N) is 1. The highest BCUT2D eigenvalue weighted by atomic mass is 16.4. The van der Waals surface area contributed by atoms with E-state index in [1.807, 2.05) is 36.4 Å². The van der Waals surface area contributed by atoms with Gasteiger partial charge in [0, 0.05) is 5.39 Å². The molecule has 25 heavy (non-hydrogen) atoms. The minimum absolute atomic E-state index is 0.232. The Hall–Kier alpha value is -2.69. The smallest absolute Gasteiger partial charge is 0.326 e. The summed E-state index contributed by atoms with van der Waals surface area (Å²) < 4.78 is 0. The maximum Gasteiger partial charge on any atom is 0.326 e. The molecular formula is C20H24N2O3. The molecule has 1 aromatic heterocycles. The molecule has 0 saturated carbocycles. The van der Waals surface area contributed by atoms with Crippen molar-refractivity contribution in [3.05, 3.63) is 54.7 Å². The molecule has 1 atom stereocenters. The van der Waals surface area contributed by atoms with Crippen LogP contribution in [0, 0.1) is 0 Å². The molecule has 0 aliphatic rings. The number of benzene rings is 1. The molecule has 1 amide bonds. The summed E-state index contributed by atoms with van der Waals surface area (Å²) in [5.74, 6) is -1.47. The fourth-order valence-corrected chi connectivity index (χ4v) is 2.67. The quantitative estimate of drug-likeness (QED) is 0.507. The minimum Gasteiger partial charge on any atom is -0.480 e. The van der Waals surface area contributed by atoms with Crippen molar-refractivity contribution in [2.75, 3.05) is 0 Å². The zero-order valence-corrected chi connectivity index (χ0v) is 14.3. The second-order valence-electron chi connectivity index (χ2n) is 6.03. The van der Waals surface area contributed by atoms with E-state index in [1.165, 1.54) is 0 Å². The van der Waals surface area contributed by atoms with Crippen molar-refractivity contribution in [1.82, 2.24) is 10.3 Å². The van der Waals surface area contributed by atoms with Gasteiger partial charge in [-0.1, -0.05) is 49.6 Å². The molecule has 0 fully saturated rings. The van der Waals surface area contributed by atoms with Crippen LogP contribution < -0.4 is 5.32 Å². The Morgan fingerprint density at radius 1 is 1.12 bits per heavy atom. The lowest BCUT2D eigenvalue weighted by atomic mass is 10.1. The molecule has 5 heteroatoms. The van der Waals surface area contributed by atoms with E-state index in [0.717, 1.165) is 37.5 Å². The van der Waals surface area contributed by atoms with Gasteiger partial charge < -0.3 is 10.4 Å². The highest BCUT2D eigenvalue weighted by molar-refractivity contribution is 5.96. The van der Waals surface area contributed by atoms with Gasteiger partial charge in [-0.2, -0.15) is 0 Å². The number of rotatable bonds is 10. The number of pyridine rings is 1. The van der Waals surface area contributed by atoms with Gasteiger partial charge >= 0.3 is 5.97 Å². The third kappa shape index (κ3) is 5.71. The van der Waals surface area contributed by atoms with Gasteiger partial charge in [-0.3, -0.25) is 4.79 Å². The highest BCUT2D eigenvalue weighted by Gasteiger charge is 2.20. The van der Waals surface area contributed by atoms with E-state index in [-0.39, 0.29) is 5.69 Å². The molecule has 2 rings (SSSR count). The van der Waals surface area contributed by atoms with E-state index >= 15 is 0 Å². The number of para-hydroxylation sites is 1. The van der Waals surface area contributed by atoms with Gasteiger partial charge in [-0.15, -0.1) is 6.58 Å². The Morgan fingerprint density at radius 2 is 1.88 bits per heavy atom. The van der Waals surface area contributed by atoms with Gasteiger partial charge in [0.15, 0.2) is 0 Å². The number of aromatic nitrogens is 1. The number of hydrogen-bond donors (Lipinski definition) is 2. The number of carboxylic acid groups (broad SMARTS) is 1. The molecular weight excluding hydrogens is 316 g/mol. The molecule has 0 saturated heterocycles. The summed E-state index contributed by atoms with van der Waals surface area (Å²) in [5.41, 5.74) is 0.945. The van der Waals surface area contributed by atoms with Gasteiger partial charge in [-0.05, 0) is 31.4 Å². The van der Waals surface area contributed by atoms with Crippen molar-refractivity contribution in [3.63, 3.8) is 0 Å². The summed E-state index contributed by atoms with van der Waals surface area (Å²) in [6, 6.07) is 10.0. The molecule has 5 nitrogen and oxygen atoms in total. The second-order valence-corrected chi connectivity index (χ2v) is 6.03. The van der Waals surface area contributed by atoms with Crippen molar-refractivity contribution in [3.8, 4) is 0 Å². The van der Waals surface area contributed by atoms with Crippen LogP contribution >= 0.6 is 0 Å². The SMILES string of the molecule is C=CCCCCCC[C@H](NC(=O)c1ccc2ccccc2n1)C(=O)O. The number of carbonyl (C=O) groups is 2. The summed E-state index contributed by atoms with van der Waals surface area (Å²) >= 11 is 0. The van der Waals surface area contributed by atoms with Crippen molar-refractivity contribution in [1.29, 1.82) is 0 Å². The maximum atomic E-state index is 12.3. The average Bonchev–Trinajstić information content (AvgIpc) is 2.62. The van der Waals surface area contributed by atoms with E-state index in [1.54, 1.807) is 6.07 Å². The molecule has 1 heterocycles. The summed E-state index contributed by atoms with van der Waals surface area (Å²) in [6.45, 7) is 3.68. The molecule has 0 aliphatic heterocycles. The van der Waals surface area contributed by atoms with Crippen LogP contribution in [0.2, 0.25) is 0 Å². The lowest BCUT2D eigenvalue weighted by molar-refractivity contribution is -0.139. The molecule has 132 valence electrons. The second kappa shape index (κ2) is 9.57. The van der Waals surface area contributed by atoms with Crippen LogP contribution in [0.4, 0.5) is 0 Å². The van der Waals surface area contributed by atoms with Gasteiger partial charge in [0.2, 0.25) is 0 Å². The molecule has 0 aliphatic carbocycles. The van der Waals surface area contributed by atoms with Crippen LogP contribution in [0.25, 0.3) is 10.9 Å². The summed E-state index contributed by atoms with van der Waals surface area (Å²) in [6.07, 6.45) is 7.10. The van der Waals surface area contributed by atoms with E-state index in [4.69, 9.17) is 0 Å². The normalized spacial score (nSPS) is 11.8. The summed E-state index contributed by atoms with van der Waals surface area (Å²) in [5, 5.41) is 12.9. The molecule has 2 N–H and O–H groups in total. The first-order chi connectivity index (χ1) is 12.1. The van der Waals surface area contributed by atoms with Crippen LogP contribution in [-0.2, 0) is 4.79 Å². The lowest BCUT2D eigenvalue weighted by Crippen LogP contribution is -2.41. The Labute approximate surface area is 147 Å². The van der Waals surface area contributed by atoms with Crippen LogP contribution in [0.5, 0.6) is 0 Å². The van der Waals surface area contributed by atoms with Crippen molar-refractivity contribution >= 4 is 22.8 Å². The standard InChI is InChI=1S/C20H24N2O3/c1-2-3-4-5-6-7-12-18(20(24)25)22-19(23)17-14-13-15-10-8-9-11-16(15)21-17/h2,8-11,13-14,18H,1,3-7,12H2,(H,22,23)(H,24,25)/t18-/m0/s1. The Morgan fingerprint density at radius 3 is 2.64 bits per heavy atom. The topological polar surface area (TPSA) is 79.3 Å². The molecule has 0 unspecified atom stereocenters. The third-order valence-electron chi connectivity index (χ3n) is 4.09. The number of allylic oxidation sites excluding steroid dienone is 1. The zero-order valence-electron chi connectivity index (χ0n) is 14.3. The first-order valence-electron chi connectivity index (χ1n) is 8.62. The molecule has 1 aromatic carbocycles. The van der Waals surface area contributed by atoms with Crippen LogP contribution in [-0.4, -0.2) is 28.0 Å². The molecule has 0 spiro atoms. The van der Waals surface area contributed by atoms with Gasteiger partial charge in [0.1, 0.15) is 11.7 Å². The monoisotopic (exact) mass is 340 g/mol. The summed E-state index contributed by atoms with van der Waals surface area (Å²) in [7, 11) is 0. The van der Waals surface area contributed by atoms with Crippen molar-refractivity contribution < 1.29 is 14.7 Å². The number of fused-ring (bicyclic) bond motifs is 1. The number of amides is 1. The number of unbranched alkanes of at least 4 members (excludes halogenated alkanes) is 4. The Bertz CT molecular complexity index is 743. The van der Waals surface area contributed by atoms with Gasteiger partial charge in [0.25, 0.3) is 5.91 Å². The Balaban J connectivity index is 1.92. The number of carbonyl (C=O) groups excluding carboxylic acids is 1. The highest BCUT2D eigenvalue weighted by Crippen LogP contribution is 2.13. The molecule has 0 bridgehead atoms. The number of aliphatic carboxylic acids is 1. The van der Waals surface area contributed by atoms with E-state index in [0.29, 0.717) is 11.9 Å². The predicted molar refractivity (Wildman–Crippen MR) is 98.5 cm³/mol. The van der Waals surface area contributed by atoms with Gasteiger partial charge in [0.05, 0.1) is 5.52 Å². The fraction of sp³-hybridized carbons (Fsp3) is 0.350. The minimum atomic E-state index is -1.01. The van der Waals surface area contributed by atoms with Crippen LogP contribution in [0.15, 0.2) is 49.1 Å². The van der Waals surface area contributed by atoms with E-state index < -0.39 is 17.9 Å². The lowest BCUT2D eigenvalue weighted by Gasteiger charge is -2.14. The first kappa shape index (κ1) is 18.6.